The fourth-order valence-corrected chi connectivity index (χ4v) is 4.04. The number of amides is 1. The molecule has 4 rings (SSSR count). The highest BCUT2D eigenvalue weighted by Crippen LogP contribution is 2.24. The number of rotatable bonds is 5. The van der Waals surface area contributed by atoms with E-state index in [0.29, 0.717) is 45.7 Å². The van der Waals surface area contributed by atoms with Gasteiger partial charge in [-0.1, -0.05) is 23.7 Å². The Hall–Kier alpha value is -2.37. The van der Waals surface area contributed by atoms with Gasteiger partial charge in [0.25, 0.3) is 0 Å². The molecule has 6 heteroatoms. The van der Waals surface area contributed by atoms with E-state index in [4.69, 9.17) is 21.3 Å². The average molecular weight is 412 g/mol. The molecule has 1 amide bonds. The number of ether oxygens (including phenoxy) is 1. The Morgan fingerprint density at radius 2 is 1.90 bits per heavy atom. The second-order valence-corrected chi connectivity index (χ2v) is 8.09. The Morgan fingerprint density at radius 3 is 2.66 bits per heavy atom. The summed E-state index contributed by atoms with van der Waals surface area (Å²) >= 11 is 6.17. The van der Waals surface area contributed by atoms with Gasteiger partial charge in [-0.15, -0.1) is 0 Å². The predicted octanol–water partition coefficient (Wildman–Crippen LogP) is 4.15. The first-order valence-corrected chi connectivity index (χ1v) is 10.5. The molecule has 0 spiro atoms. The van der Waals surface area contributed by atoms with E-state index in [1.807, 2.05) is 23.1 Å². The van der Waals surface area contributed by atoms with Gasteiger partial charge >= 0.3 is 0 Å². The Kier molecular flexibility index (Phi) is 5.88. The van der Waals surface area contributed by atoms with E-state index in [2.05, 4.69) is 36.6 Å². The predicted molar refractivity (Wildman–Crippen MR) is 115 cm³/mol. The van der Waals surface area contributed by atoms with Crippen LogP contribution < -0.4 is 0 Å². The lowest BCUT2D eigenvalue weighted by Crippen LogP contribution is -2.41. The average Bonchev–Trinajstić information content (AvgIpc) is 3.03. The van der Waals surface area contributed by atoms with Crippen LogP contribution in [0.25, 0.3) is 11.0 Å². The summed E-state index contributed by atoms with van der Waals surface area (Å²) in [5.41, 5.74) is 5.62. The number of fused-ring (bicyclic) bond motifs is 1. The van der Waals surface area contributed by atoms with Gasteiger partial charge in [0.1, 0.15) is 5.82 Å². The normalized spacial score (nSPS) is 14.5. The highest BCUT2D eigenvalue weighted by molar-refractivity contribution is 6.30. The van der Waals surface area contributed by atoms with E-state index in [1.165, 1.54) is 11.1 Å². The summed E-state index contributed by atoms with van der Waals surface area (Å²) in [6.45, 7) is 7.43. The fourth-order valence-electron chi connectivity index (χ4n) is 3.82. The molecule has 0 N–H and O–H groups in total. The summed E-state index contributed by atoms with van der Waals surface area (Å²) in [6.07, 6.45) is 1.14. The van der Waals surface area contributed by atoms with Crippen LogP contribution in [0, 0.1) is 13.8 Å². The van der Waals surface area contributed by atoms with Crippen molar-refractivity contribution in [2.45, 2.75) is 33.2 Å². The Bertz CT molecular complexity index is 1040. The van der Waals surface area contributed by atoms with E-state index in [1.54, 1.807) is 0 Å². The van der Waals surface area contributed by atoms with Crippen LogP contribution in [0.4, 0.5) is 0 Å². The van der Waals surface area contributed by atoms with Crippen LogP contribution >= 0.6 is 11.6 Å². The number of hydrogen-bond acceptors (Lipinski definition) is 3. The second-order valence-electron chi connectivity index (χ2n) is 7.65. The monoisotopic (exact) mass is 411 g/mol. The standard InChI is InChI=1S/C23H26ClN3O2/c1-16-12-20-21(13-17(16)2)27(7-6-23(28)26-8-10-29-11-9-26)22(25-20)15-18-4-3-5-19(24)14-18/h3-5,12-14H,6-11,15H2,1-2H3. The lowest BCUT2D eigenvalue weighted by molar-refractivity contribution is -0.135. The third-order valence-corrected chi connectivity index (χ3v) is 5.84. The minimum Gasteiger partial charge on any atom is -0.378 e. The van der Waals surface area contributed by atoms with Crippen molar-refractivity contribution >= 4 is 28.5 Å². The molecule has 0 bridgehead atoms. The van der Waals surface area contributed by atoms with Gasteiger partial charge in [0.15, 0.2) is 0 Å². The topological polar surface area (TPSA) is 47.4 Å². The molecule has 2 heterocycles. The molecule has 1 saturated heterocycles. The molecular formula is C23H26ClN3O2. The van der Waals surface area contributed by atoms with Crippen LogP contribution in [-0.4, -0.2) is 46.7 Å². The van der Waals surface area contributed by atoms with Crippen molar-refractivity contribution < 1.29 is 9.53 Å². The van der Waals surface area contributed by atoms with Gasteiger partial charge in [0.05, 0.1) is 24.2 Å². The molecule has 152 valence electrons. The number of aromatic nitrogens is 2. The van der Waals surface area contributed by atoms with Crippen LogP contribution in [0.2, 0.25) is 5.02 Å². The zero-order valence-corrected chi connectivity index (χ0v) is 17.7. The van der Waals surface area contributed by atoms with Gasteiger partial charge in [-0.3, -0.25) is 4.79 Å². The van der Waals surface area contributed by atoms with Crippen molar-refractivity contribution in [2.24, 2.45) is 0 Å². The number of carbonyl (C=O) groups is 1. The molecule has 1 aliphatic heterocycles. The molecule has 29 heavy (non-hydrogen) atoms. The number of benzene rings is 2. The molecule has 0 saturated carbocycles. The molecule has 3 aromatic rings. The van der Waals surface area contributed by atoms with Crippen molar-refractivity contribution in [2.75, 3.05) is 26.3 Å². The van der Waals surface area contributed by atoms with Crippen molar-refractivity contribution in [3.8, 4) is 0 Å². The third-order valence-electron chi connectivity index (χ3n) is 5.61. The summed E-state index contributed by atoms with van der Waals surface area (Å²) < 4.78 is 7.55. The van der Waals surface area contributed by atoms with Crippen LogP contribution in [0.5, 0.6) is 0 Å². The van der Waals surface area contributed by atoms with Gasteiger partial charge < -0.3 is 14.2 Å². The van der Waals surface area contributed by atoms with E-state index in [-0.39, 0.29) is 5.91 Å². The summed E-state index contributed by atoms with van der Waals surface area (Å²) in [5, 5.41) is 0.722. The second kappa shape index (κ2) is 8.56. The molecule has 5 nitrogen and oxygen atoms in total. The maximum absolute atomic E-state index is 12.7. The first kappa shape index (κ1) is 19.9. The smallest absolute Gasteiger partial charge is 0.224 e. The molecule has 1 fully saturated rings. The van der Waals surface area contributed by atoms with E-state index >= 15 is 0 Å². The highest BCUT2D eigenvalue weighted by Gasteiger charge is 2.19. The molecular weight excluding hydrogens is 386 g/mol. The van der Waals surface area contributed by atoms with Crippen molar-refractivity contribution in [1.82, 2.24) is 14.5 Å². The van der Waals surface area contributed by atoms with Crippen LogP contribution in [0.1, 0.15) is 28.9 Å². The minimum absolute atomic E-state index is 0.174. The van der Waals surface area contributed by atoms with Gasteiger partial charge in [-0.05, 0) is 54.8 Å². The third kappa shape index (κ3) is 4.46. The molecule has 0 atom stereocenters. The summed E-state index contributed by atoms with van der Waals surface area (Å²) in [4.78, 5) is 19.5. The zero-order valence-electron chi connectivity index (χ0n) is 16.9. The summed E-state index contributed by atoms with van der Waals surface area (Å²) in [5.74, 6) is 1.13. The minimum atomic E-state index is 0.174. The molecule has 0 unspecified atom stereocenters. The quantitative estimate of drug-likeness (QED) is 0.633. The number of imidazole rings is 1. The summed E-state index contributed by atoms with van der Waals surface area (Å²) in [7, 11) is 0. The Balaban J connectivity index is 1.63. The molecule has 1 aliphatic rings. The number of halogens is 1. The van der Waals surface area contributed by atoms with Gasteiger partial charge in [0, 0.05) is 37.5 Å². The lowest BCUT2D eigenvalue weighted by atomic mass is 10.1. The molecule has 1 aromatic heterocycles. The fraction of sp³-hybridized carbons (Fsp3) is 0.391. The maximum atomic E-state index is 12.7. The number of morpholine rings is 1. The first-order valence-electron chi connectivity index (χ1n) is 10.1. The van der Waals surface area contributed by atoms with Crippen LogP contribution in [0.3, 0.4) is 0 Å². The SMILES string of the molecule is Cc1cc2nc(Cc3cccc(Cl)c3)n(CCC(=O)N3CCOCC3)c2cc1C. The van der Waals surface area contributed by atoms with E-state index in [0.717, 1.165) is 27.4 Å². The Labute approximate surface area is 176 Å². The van der Waals surface area contributed by atoms with E-state index in [9.17, 15) is 4.79 Å². The van der Waals surface area contributed by atoms with Gasteiger partial charge in [-0.2, -0.15) is 0 Å². The van der Waals surface area contributed by atoms with E-state index < -0.39 is 0 Å². The van der Waals surface area contributed by atoms with Crippen LogP contribution in [-0.2, 0) is 22.5 Å². The maximum Gasteiger partial charge on any atom is 0.224 e. The highest BCUT2D eigenvalue weighted by atomic mass is 35.5. The number of carbonyl (C=O) groups excluding carboxylic acids is 1. The Morgan fingerprint density at radius 1 is 1.14 bits per heavy atom. The molecule has 0 aliphatic carbocycles. The first-order chi connectivity index (χ1) is 14.0. The largest absolute Gasteiger partial charge is 0.378 e. The van der Waals surface area contributed by atoms with Crippen molar-refractivity contribution in [1.29, 1.82) is 0 Å². The number of aryl methyl sites for hydroxylation is 3. The zero-order chi connectivity index (χ0) is 20.4. The van der Waals surface area contributed by atoms with Crippen LogP contribution in [0.15, 0.2) is 36.4 Å². The number of nitrogens with zero attached hydrogens (tertiary/aromatic N) is 3. The number of hydrogen-bond donors (Lipinski definition) is 0. The van der Waals surface area contributed by atoms with Gasteiger partial charge in [0.2, 0.25) is 5.91 Å². The summed E-state index contributed by atoms with van der Waals surface area (Å²) in [6, 6.07) is 12.2. The molecule has 0 radical (unpaired) electrons. The van der Waals surface area contributed by atoms with Gasteiger partial charge in [-0.25, -0.2) is 4.98 Å². The van der Waals surface area contributed by atoms with Crippen molar-refractivity contribution in [3.05, 3.63) is 63.9 Å². The van der Waals surface area contributed by atoms with Crippen molar-refractivity contribution in [3.63, 3.8) is 0 Å². The lowest BCUT2D eigenvalue weighted by Gasteiger charge is -2.27. The molecule has 2 aromatic carbocycles.